The maximum absolute atomic E-state index is 13.7. The number of thiophene rings is 1. The van der Waals surface area contributed by atoms with E-state index in [4.69, 9.17) is 10.3 Å². The third kappa shape index (κ3) is 2.45. The predicted molar refractivity (Wildman–Crippen MR) is 76.4 cm³/mol. The lowest BCUT2D eigenvalue weighted by Gasteiger charge is -2.01. The summed E-state index contributed by atoms with van der Waals surface area (Å²) in [7, 11) is 0. The molecule has 0 radical (unpaired) electrons. The Bertz CT molecular complexity index is 827. The number of aromatic nitrogens is 2. The van der Waals surface area contributed by atoms with Crippen molar-refractivity contribution in [2.45, 2.75) is 13.5 Å². The van der Waals surface area contributed by atoms with Crippen LogP contribution in [-0.4, -0.2) is 16.0 Å². The van der Waals surface area contributed by atoms with Gasteiger partial charge < -0.3 is 15.6 Å². The first-order valence-electron chi connectivity index (χ1n) is 6.10. The molecule has 6 nitrogen and oxygen atoms in total. The fourth-order valence-electron chi connectivity index (χ4n) is 1.95. The molecule has 0 atom stereocenters. The summed E-state index contributed by atoms with van der Waals surface area (Å²) in [6, 6.07) is 4.62. The molecule has 2 aromatic heterocycles. The number of aryl methyl sites for hydroxylation is 1. The molecule has 3 rings (SSSR count). The predicted octanol–water partition coefficient (Wildman–Crippen LogP) is 2.24. The largest absolute Gasteiger partial charge is 0.397 e. The number of carbonyl (C=O) groups excluding carboxylic acids is 1. The molecule has 108 valence electrons. The van der Waals surface area contributed by atoms with Crippen LogP contribution in [0.3, 0.4) is 0 Å². The van der Waals surface area contributed by atoms with Crippen molar-refractivity contribution in [3.63, 3.8) is 0 Å². The molecule has 0 unspecified atom stereocenters. The minimum absolute atomic E-state index is 0.117. The van der Waals surface area contributed by atoms with E-state index in [9.17, 15) is 9.18 Å². The molecular weight excluding hydrogens is 295 g/mol. The number of fused-ring (bicyclic) bond motifs is 1. The molecule has 0 spiro atoms. The van der Waals surface area contributed by atoms with Crippen LogP contribution in [0, 0.1) is 12.7 Å². The Morgan fingerprint density at radius 2 is 2.33 bits per heavy atom. The molecule has 3 N–H and O–H groups in total. The zero-order valence-corrected chi connectivity index (χ0v) is 11.8. The number of anilines is 1. The molecule has 0 aliphatic rings. The van der Waals surface area contributed by atoms with Crippen LogP contribution in [0.4, 0.5) is 10.1 Å². The number of carbonyl (C=O) groups is 1. The highest BCUT2D eigenvalue weighted by Gasteiger charge is 2.18. The summed E-state index contributed by atoms with van der Waals surface area (Å²) in [6.45, 7) is 1.78. The number of amides is 1. The lowest BCUT2D eigenvalue weighted by molar-refractivity contribution is 0.0954. The Labute approximate surface area is 122 Å². The zero-order valence-electron chi connectivity index (χ0n) is 11.0. The van der Waals surface area contributed by atoms with Crippen molar-refractivity contribution >= 4 is 33.0 Å². The van der Waals surface area contributed by atoms with Crippen molar-refractivity contribution in [3.8, 4) is 0 Å². The fraction of sp³-hybridized carbons (Fsp3) is 0.154. The minimum Gasteiger partial charge on any atom is -0.397 e. The van der Waals surface area contributed by atoms with E-state index in [0.29, 0.717) is 16.4 Å². The summed E-state index contributed by atoms with van der Waals surface area (Å²) < 4.78 is 19.2. The Morgan fingerprint density at radius 3 is 3.00 bits per heavy atom. The van der Waals surface area contributed by atoms with Gasteiger partial charge in [-0.15, -0.1) is 11.3 Å². The molecule has 0 aliphatic carbocycles. The van der Waals surface area contributed by atoms with E-state index < -0.39 is 11.7 Å². The van der Waals surface area contributed by atoms with Gasteiger partial charge in [-0.05, 0) is 12.1 Å². The monoisotopic (exact) mass is 306 g/mol. The molecule has 1 aromatic carbocycles. The zero-order chi connectivity index (χ0) is 15.0. The summed E-state index contributed by atoms with van der Waals surface area (Å²) in [6.07, 6.45) is 0. The number of benzene rings is 1. The molecule has 2 heterocycles. The molecule has 1 amide bonds. The SMILES string of the molecule is Cc1nc(CNC(=O)c2sc3cccc(F)c3c2N)no1. The standard InChI is InChI=1S/C13H11FN4O2S/c1-6-17-9(18-20-6)5-16-13(19)12-11(15)10-7(14)3-2-4-8(10)21-12/h2-4H,5,15H2,1H3,(H,16,19). The van der Waals surface area contributed by atoms with E-state index in [2.05, 4.69) is 15.5 Å². The second kappa shape index (κ2) is 5.13. The average molecular weight is 306 g/mol. The van der Waals surface area contributed by atoms with Crippen LogP contribution in [0.15, 0.2) is 22.7 Å². The molecule has 0 saturated carbocycles. The van der Waals surface area contributed by atoms with Crippen LogP contribution in [0.2, 0.25) is 0 Å². The van der Waals surface area contributed by atoms with Gasteiger partial charge in [-0.25, -0.2) is 4.39 Å². The van der Waals surface area contributed by atoms with Crippen molar-refractivity contribution in [2.75, 3.05) is 5.73 Å². The van der Waals surface area contributed by atoms with Crippen LogP contribution < -0.4 is 11.1 Å². The van der Waals surface area contributed by atoms with Gasteiger partial charge in [0.15, 0.2) is 5.82 Å². The van der Waals surface area contributed by atoms with Gasteiger partial charge in [-0.1, -0.05) is 11.2 Å². The molecular formula is C13H11FN4O2S. The summed E-state index contributed by atoms with van der Waals surface area (Å²) >= 11 is 1.15. The summed E-state index contributed by atoms with van der Waals surface area (Å²) in [5.74, 6) is -0.0425. The van der Waals surface area contributed by atoms with Crippen molar-refractivity contribution in [3.05, 3.63) is 40.6 Å². The van der Waals surface area contributed by atoms with Crippen molar-refractivity contribution in [2.24, 2.45) is 0 Å². The average Bonchev–Trinajstić information content (AvgIpc) is 3.01. The van der Waals surface area contributed by atoms with Crippen LogP contribution in [0.25, 0.3) is 10.1 Å². The Hall–Kier alpha value is -2.48. The summed E-state index contributed by atoms with van der Waals surface area (Å²) in [4.78, 5) is 16.4. The lowest BCUT2D eigenvalue weighted by atomic mass is 10.2. The number of hydrogen-bond donors (Lipinski definition) is 2. The summed E-state index contributed by atoms with van der Waals surface area (Å²) in [5.41, 5.74) is 6.02. The van der Waals surface area contributed by atoms with Crippen molar-refractivity contribution < 1.29 is 13.7 Å². The van der Waals surface area contributed by atoms with E-state index in [1.165, 1.54) is 6.07 Å². The van der Waals surface area contributed by atoms with Crippen LogP contribution >= 0.6 is 11.3 Å². The molecule has 8 heteroatoms. The molecule has 0 saturated heterocycles. The van der Waals surface area contributed by atoms with Gasteiger partial charge in [-0.2, -0.15) is 4.98 Å². The first-order valence-corrected chi connectivity index (χ1v) is 6.92. The first-order chi connectivity index (χ1) is 10.1. The third-order valence-electron chi connectivity index (χ3n) is 2.88. The quantitative estimate of drug-likeness (QED) is 0.774. The Kier molecular flexibility index (Phi) is 3.30. The maximum Gasteiger partial charge on any atom is 0.263 e. The number of rotatable bonds is 3. The van der Waals surface area contributed by atoms with Gasteiger partial charge in [0.25, 0.3) is 5.91 Å². The number of nitrogens with one attached hydrogen (secondary N) is 1. The second-order valence-electron chi connectivity index (χ2n) is 4.37. The van der Waals surface area contributed by atoms with Crippen LogP contribution in [-0.2, 0) is 6.54 Å². The normalized spacial score (nSPS) is 11.0. The Morgan fingerprint density at radius 1 is 1.52 bits per heavy atom. The van der Waals surface area contributed by atoms with Gasteiger partial charge in [0.1, 0.15) is 10.7 Å². The number of nitrogens with two attached hydrogens (primary N) is 1. The van der Waals surface area contributed by atoms with Crippen LogP contribution in [0.5, 0.6) is 0 Å². The second-order valence-corrected chi connectivity index (χ2v) is 5.42. The number of hydrogen-bond acceptors (Lipinski definition) is 6. The van der Waals surface area contributed by atoms with E-state index in [-0.39, 0.29) is 22.5 Å². The van der Waals surface area contributed by atoms with Gasteiger partial charge >= 0.3 is 0 Å². The number of halogens is 1. The van der Waals surface area contributed by atoms with Crippen molar-refractivity contribution in [1.82, 2.24) is 15.5 Å². The number of nitrogens with zero attached hydrogens (tertiary/aromatic N) is 2. The molecule has 0 aliphatic heterocycles. The molecule has 21 heavy (non-hydrogen) atoms. The van der Waals surface area contributed by atoms with Gasteiger partial charge in [-0.3, -0.25) is 4.79 Å². The smallest absolute Gasteiger partial charge is 0.263 e. The van der Waals surface area contributed by atoms with E-state index in [0.717, 1.165) is 11.3 Å². The summed E-state index contributed by atoms with van der Waals surface area (Å²) in [5, 5.41) is 6.59. The highest BCUT2D eigenvalue weighted by molar-refractivity contribution is 7.21. The fourth-order valence-corrected chi connectivity index (χ4v) is 3.00. The lowest BCUT2D eigenvalue weighted by Crippen LogP contribution is -2.23. The first kappa shape index (κ1) is 13.5. The number of nitrogen functional groups attached to an aromatic ring is 1. The van der Waals surface area contributed by atoms with E-state index in [1.807, 2.05) is 0 Å². The topological polar surface area (TPSA) is 94.0 Å². The van der Waals surface area contributed by atoms with E-state index >= 15 is 0 Å². The molecule has 0 fully saturated rings. The Balaban J connectivity index is 1.84. The van der Waals surface area contributed by atoms with Crippen molar-refractivity contribution in [1.29, 1.82) is 0 Å². The third-order valence-corrected chi connectivity index (χ3v) is 4.05. The highest BCUT2D eigenvalue weighted by Crippen LogP contribution is 2.35. The molecule has 3 aromatic rings. The van der Waals surface area contributed by atoms with Crippen LogP contribution in [0.1, 0.15) is 21.4 Å². The maximum atomic E-state index is 13.7. The molecule has 0 bridgehead atoms. The minimum atomic E-state index is -0.436. The van der Waals surface area contributed by atoms with Gasteiger partial charge in [0.2, 0.25) is 5.89 Å². The highest BCUT2D eigenvalue weighted by atomic mass is 32.1. The van der Waals surface area contributed by atoms with Gasteiger partial charge in [0, 0.05) is 11.6 Å². The van der Waals surface area contributed by atoms with Gasteiger partial charge in [0.05, 0.1) is 17.6 Å². The van der Waals surface area contributed by atoms with E-state index in [1.54, 1.807) is 19.1 Å².